The summed E-state index contributed by atoms with van der Waals surface area (Å²) in [5.74, 6) is 0.00189. The molecule has 1 aromatic carbocycles. The molecule has 0 fully saturated rings. The number of carbonyl (C=O) groups is 1. The molecule has 2 N–H and O–H groups in total. The number of sulfonamides is 1. The van der Waals surface area contributed by atoms with Gasteiger partial charge in [0.05, 0.1) is 11.4 Å². The maximum absolute atomic E-state index is 11.9. The van der Waals surface area contributed by atoms with Crippen molar-refractivity contribution < 1.29 is 13.2 Å². The highest BCUT2D eigenvalue weighted by Crippen LogP contribution is 2.09. The van der Waals surface area contributed by atoms with Crippen molar-refractivity contribution in [2.75, 3.05) is 13.1 Å². The number of hydrogen-bond acceptors (Lipinski definition) is 3. The van der Waals surface area contributed by atoms with Crippen molar-refractivity contribution in [1.82, 2.24) is 10.0 Å². The molecule has 1 rings (SSSR count). The van der Waals surface area contributed by atoms with E-state index >= 15 is 0 Å². The van der Waals surface area contributed by atoms with Crippen molar-refractivity contribution in [3.05, 3.63) is 29.8 Å². The number of nitrogens with one attached hydrogen (secondary N) is 2. The Labute approximate surface area is 114 Å². The molecule has 1 amide bonds. The Morgan fingerprint density at radius 1 is 1.21 bits per heavy atom. The molecule has 19 heavy (non-hydrogen) atoms. The third kappa shape index (κ3) is 5.40. The normalized spacial score (nSPS) is 11.6. The zero-order valence-corrected chi connectivity index (χ0v) is 12.3. The van der Waals surface area contributed by atoms with Crippen molar-refractivity contribution >= 4 is 15.9 Å². The van der Waals surface area contributed by atoms with E-state index in [2.05, 4.69) is 10.0 Å². The molecule has 0 aliphatic heterocycles. The Balaban J connectivity index is 2.56. The molecule has 0 heterocycles. The number of benzene rings is 1. The van der Waals surface area contributed by atoms with Crippen molar-refractivity contribution in [3.8, 4) is 0 Å². The van der Waals surface area contributed by atoms with E-state index in [0.717, 1.165) is 5.56 Å². The number of hydrogen-bond donors (Lipinski definition) is 2. The fourth-order valence-corrected chi connectivity index (χ4v) is 2.32. The van der Waals surface area contributed by atoms with Gasteiger partial charge in [-0.25, -0.2) is 13.1 Å². The molecule has 0 unspecified atom stereocenters. The second-order valence-electron chi connectivity index (χ2n) is 4.84. The number of rotatable bonds is 6. The quantitative estimate of drug-likeness (QED) is 0.819. The van der Waals surface area contributed by atoms with E-state index in [0.29, 0.717) is 12.5 Å². The highest BCUT2D eigenvalue weighted by Gasteiger charge is 2.14. The molecular weight excluding hydrogens is 264 g/mol. The summed E-state index contributed by atoms with van der Waals surface area (Å²) in [6, 6.07) is 6.47. The van der Waals surface area contributed by atoms with E-state index in [-0.39, 0.29) is 17.3 Å². The zero-order chi connectivity index (χ0) is 14.5. The number of aryl methyl sites for hydroxylation is 1. The van der Waals surface area contributed by atoms with Gasteiger partial charge in [0.1, 0.15) is 0 Å². The van der Waals surface area contributed by atoms with Crippen molar-refractivity contribution in [1.29, 1.82) is 0 Å². The third-order valence-electron chi connectivity index (χ3n) is 2.46. The first kappa shape index (κ1) is 15.7. The van der Waals surface area contributed by atoms with Crippen LogP contribution in [-0.4, -0.2) is 27.4 Å². The second-order valence-corrected chi connectivity index (χ2v) is 6.60. The van der Waals surface area contributed by atoms with Crippen LogP contribution in [-0.2, 0) is 14.8 Å². The average Bonchev–Trinajstić information content (AvgIpc) is 2.34. The SMILES string of the molecule is Cc1ccc(S(=O)(=O)NCC(=O)NCC(C)C)cc1. The molecule has 0 bridgehead atoms. The molecule has 5 nitrogen and oxygen atoms in total. The summed E-state index contributed by atoms with van der Waals surface area (Å²) in [5, 5.41) is 2.65. The van der Waals surface area contributed by atoms with Crippen LogP contribution in [0.4, 0.5) is 0 Å². The minimum absolute atomic E-state index is 0.162. The molecule has 1 aromatic rings. The minimum Gasteiger partial charge on any atom is -0.355 e. The molecule has 0 aliphatic carbocycles. The van der Waals surface area contributed by atoms with Crippen LogP contribution >= 0.6 is 0 Å². The molecule has 0 radical (unpaired) electrons. The lowest BCUT2D eigenvalue weighted by atomic mass is 10.2. The first-order chi connectivity index (χ1) is 8.81. The van der Waals surface area contributed by atoms with E-state index < -0.39 is 10.0 Å². The topological polar surface area (TPSA) is 75.3 Å². The first-order valence-electron chi connectivity index (χ1n) is 6.14. The largest absolute Gasteiger partial charge is 0.355 e. The van der Waals surface area contributed by atoms with Gasteiger partial charge in [-0.2, -0.15) is 0 Å². The smallest absolute Gasteiger partial charge is 0.241 e. The van der Waals surface area contributed by atoms with Gasteiger partial charge in [0, 0.05) is 6.54 Å². The maximum atomic E-state index is 11.9. The molecule has 0 saturated carbocycles. The fourth-order valence-electron chi connectivity index (χ4n) is 1.34. The fraction of sp³-hybridized carbons (Fsp3) is 0.462. The second kappa shape index (κ2) is 6.68. The lowest BCUT2D eigenvalue weighted by molar-refractivity contribution is -0.120. The molecule has 6 heteroatoms. The summed E-state index contributed by atoms with van der Waals surface area (Å²) < 4.78 is 26.1. The van der Waals surface area contributed by atoms with Crippen molar-refractivity contribution in [2.24, 2.45) is 5.92 Å². The average molecular weight is 284 g/mol. The van der Waals surface area contributed by atoms with Gasteiger partial charge < -0.3 is 5.32 Å². The molecule has 0 spiro atoms. The Morgan fingerprint density at radius 3 is 2.32 bits per heavy atom. The predicted molar refractivity (Wildman–Crippen MR) is 74.2 cm³/mol. The van der Waals surface area contributed by atoms with Crippen LogP contribution in [0.2, 0.25) is 0 Å². The maximum Gasteiger partial charge on any atom is 0.241 e. The minimum atomic E-state index is -3.62. The summed E-state index contributed by atoms with van der Waals surface area (Å²) >= 11 is 0. The van der Waals surface area contributed by atoms with E-state index in [1.54, 1.807) is 12.1 Å². The van der Waals surface area contributed by atoms with E-state index in [4.69, 9.17) is 0 Å². The number of carbonyl (C=O) groups excluding carboxylic acids is 1. The Bertz CT molecular complexity index is 521. The lowest BCUT2D eigenvalue weighted by Gasteiger charge is -2.09. The van der Waals surface area contributed by atoms with Crippen LogP contribution < -0.4 is 10.0 Å². The molecular formula is C13H20N2O3S. The zero-order valence-electron chi connectivity index (χ0n) is 11.4. The van der Waals surface area contributed by atoms with Crippen LogP contribution in [0.15, 0.2) is 29.2 Å². The molecule has 0 atom stereocenters. The molecule has 0 aliphatic rings. The van der Waals surface area contributed by atoms with Gasteiger partial charge in [0.25, 0.3) is 0 Å². The molecule has 106 valence electrons. The highest BCUT2D eigenvalue weighted by atomic mass is 32.2. The van der Waals surface area contributed by atoms with E-state index in [1.807, 2.05) is 20.8 Å². The first-order valence-corrected chi connectivity index (χ1v) is 7.62. The van der Waals surface area contributed by atoms with Gasteiger partial charge in [0.2, 0.25) is 15.9 Å². The van der Waals surface area contributed by atoms with E-state index in [9.17, 15) is 13.2 Å². The van der Waals surface area contributed by atoms with Crippen LogP contribution in [0, 0.1) is 12.8 Å². The summed E-state index contributed by atoms with van der Waals surface area (Å²) in [5.41, 5.74) is 0.980. The van der Waals surface area contributed by atoms with Gasteiger partial charge in [-0.1, -0.05) is 31.5 Å². The van der Waals surface area contributed by atoms with Gasteiger partial charge >= 0.3 is 0 Å². The monoisotopic (exact) mass is 284 g/mol. The Morgan fingerprint density at radius 2 is 1.79 bits per heavy atom. The van der Waals surface area contributed by atoms with Crippen molar-refractivity contribution in [3.63, 3.8) is 0 Å². The van der Waals surface area contributed by atoms with Gasteiger partial charge in [-0.05, 0) is 25.0 Å². The van der Waals surface area contributed by atoms with Crippen molar-refractivity contribution in [2.45, 2.75) is 25.7 Å². The summed E-state index contributed by atoms with van der Waals surface area (Å²) in [7, 11) is -3.62. The van der Waals surface area contributed by atoms with Crippen LogP contribution in [0.25, 0.3) is 0 Å². The van der Waals surface area contributed by atoms with E-state index in [1.165, 1.54) is 12.1 Å². The predicted octanol–water partition coefficient (Wildman–Crippen LogP) is 1.05. The number of amides is 1. The van der Waals surface area contributed by atoms with Crippen LogP contribution in [0.1, 0.15) is 19.4 Å². The van der Waals surface area contributed by atoms with Gasteiger partial charge in [-0.3, -0.25) is 4.79 Å². The van der Waals surface area contributed by atoms with Crippen LogP contribution in [0.5, 0.6) is 0 Å². The van der Waals surface area contributed by atoms with Gasteiger partial charge in [0.15, 0.2) is 0 Å². The van der Waals surface area contributed by atoms with Crippen LogP contribution in [0.3, 0.4) is 0 Å². The third-order valence-corrected chi connectivity index (χ3v) is 3.88. The summed E-state index contributed by atoms with van der Waals surface area (Å²) in [6.07, 6.45) is 0. The Kier molecular flexibility index (Phi) is 5.50. The standard InChI is InChI=1S/C13H20N2O3S/c1-10(2)8-14-13(16)9-15-19(17,18)12-6-4-11(3)5-7-12/h4-7,10,15H,8-9H2,1-3H3,(H,14,16). The highest BCUT2D eigenvalue weighted by molar-refractivity contribution is 7.89. The molecule has 0 aromatic heterocycles. The summed E-state index contributed by atoms with van der Waals surface area (Å²) in [4.78, 5) is 11.6. The lowest BCUT2D eigenvalue weighted by Crippen LogP contribution is -2.38. The summed E-state index contributed by atoms with van der Waals surface area (Å²) in [6.45, 7) is 6.10. The van der Waals surface area contributed by atoms with Gasteiger partial charge in [-0.15, -0.1) is 0 Å². The Hall–Kier alpha value is -1.40. The molecule has 0 saturated heterocycles.